The molecular weight excluding hydrogens is 292 g/mol. The van der Waals surface area contributed by atoms with Crippen LogP contribution >= 0.6 is 0 Å². The van der Waals surface area contributed by atoms with Gasteiger partial charge in [-0.3, -0.25) is 9.59 Å². The quantitative estimate of drug-likeness (QED) is 0.875. The van der Waals surface area contributed by atoms with Gasteiger partial charge in [0.2, 0.25) is 5.91 Å². The fourth-order valence-corrected chi connectivity index (χ4v) is 3.70. The van der Waals surface area contributed by atoms with Crippen LogP contribution in [-0.2, 0) is 4.79 Å². The molecule has 0 aliphatic carbocycles. The van der Waals surface area contributed by atoms with Crippen LogP contribution in [-0.4, -0.2) is 41.0 Å². The van der Waals surface area contributed by atoms with Gasteiger partial charge in [-0.05, 0) is 29.9 Å². The Hall–Kier alpha value is -1.88. The van der Waals surface area contributed by atoms with E-state index in [9.17, 15) is 14.7 Å². The number of carbonyl (C=O) groups excluding carboxylic acids is 2. The minimum Gasteiger partial charge on any atom is -0.393 e. The van der Waals surface area contributed by atoms with Gasteiger partial charge in [-0.1, -0.05) is 32.0 Å². The maximum absolute atomic E-state index is 12.7. The normalized spacial score (nSPS) is 26.4. The molecule has 1 aromatic carbocycles. The number of benzene rings is 1. The van der Waals surface area contributed by atoms with Gasteiger partial charge in [0.15, 0.2) is 0 Å². The lowest BCUT2D eigenvalue weighted by Gasteiger charge is -2.30. The van der Waals surface area contributed by atoms with Crippen LogP contribution in [0.15, 0.2) is 24.3 Å². The lowest BCUT2D eigenvalue weighted by Crippen LogP contribution is -2.39. The number of hydrogen-bond acceptors (Lipinski definition) is 3. The van der Waals surface area contributed by atoms with Gasteiger partial charge in [-0.15, -0.1) is 0 Å². The molecule has 124 valence electrons. The van der Waals surface area contributed by atoms with E-state index in [2.05, 4.69) is 19.2 Å². The third kappa shape index (κ3) is 3.39. The summed E-state index contributed by atoms with van der Waals surface area (Å²) in [4.78, 5) is 26.5. The summed E-state index contributed by atoms with van der Waals surface area (Å²) in [7, 11) is 0. The monoisotopic (exact) mass is 316 g/mol. The smallest absolute Gasteiger partial charge is 0.252 e. The zero-order valence-electron chi connectivity index (χ0n) is 13.7. The average Bonchev–Trinajstić information content (AvgIpc) is 2.71. The number of carbonyl (C=O) groups is 2. The second-order valence-electron chi connectivity index (χ2n) is 7.44. The molecule has 2 N–H and O–H groups in total. The summed E-state index contributed by atoms with van der Waals surface area (Å²) in [5.74, 6) is -0.0702. The second kappa shape index (κ2) is 5.96. The van der Waals surface area contributed by atoms with Gasteiger partial charge in [0, 0.05) is 18.7 Å². The van der Waals surface area contributed by atoms with Gasteiger partial charge in [0.05, 0.1) is 18.6 Å². The molecule has 0 spiro atoms. The maximum Gasteiger partial charge on any atom is 0.252 e. The Morgan fingerprint density at radius 1 is 1.39 bits per heavy atom. The van der Waals surface area contributed by atoms with Crippen LogP contribution in [0.2, 0.25) is 0 Å². The molecule has 5 nitrogen and oxygen atoms in total. The number of nitrogens with one attached hydrogen (secondary N) is 1. The van der Waals surface area contributed by atoms with Crippen LogP contribution in [0, 0.1) is 5.41 Å². The van der Waals surface area contributed by atoms with Crippen molar-refractivity contribution in [2.24, 2.45) is 5.41 Å². The fraction of sp³-hybridized carbons (Fsp3) is 0.556. The summed E-state index contributed by atoms with van der Waals surface area (Å²) >= 11 is 0. The Morgan fingerprint density at radius 2 is 2.13 bits per heavy atom. The highest BCUT2D eigenvalue weighted by Gasteiger charge is 2.34. The van der Waals surface area contributed by atoms with Gasteiger partial charge in [-0.25, -0.2) is 0 Å². The Bertz CT molecular complexity index is 626. The van der Waals surface area contributed by atoms with E-state index in [4.69, 9.17) is 0 Å². The highest BCUT2D eigenvalue weighted by atomic mass is 16.3. The summed E-state index contributed by atoms with van der Waals surface area (Å²) < 4.78 is 0. The van der Waals surface area contributed by atoms with Gasteiger partial charge in [0.25, 0.3) is 5.91 Å². The molecule has 5 heteroatoms. The molecule has 23 heavy (non-hydrogen) atoms. The van der Waals surface area contributed by atoms with Crippen molar-refractivity contribution in [1.82, 2.24) is 10.2 Å². The molecule has 1 saturated heterocycles. The summed E-state index contributed by atoms with van der Waals surface area (Å²) in [6, 6.07) is 7.17. The van der Waals surface area contributed by atoms with Crippen LogP contribution in [0.25, 0.3) is 0 Å². The van der Waals surface area contributed by atoms with E-state index >= 15 is 0 Å². The summed E-state index contributed by atoms with van der Waals surface area (Å²) in [6.45, 7) is 5.37. The van der Waals surface area contributed by atoms with Crippen LogP contribution in [0.4, 0.5) is 0 Å². The number of hydrogen-bond donors (Lipinski definition) is 2. The number of rotatable bonds is 2. The lowest BCUT2D eigenvalue weighted by atomic mass is 9.87. The average molecular weight is 316 g/mol. The molecule has 0 bridgehead atoms. The number of aliphatic hydroxyl groups is 1. The SMILES string of the molecule is CC1(C)CC(O)CCN(C(=O)CC2NC(=O)c3ccccc32)C1. The Morgan fingerprint density at radius 3 is 2.91 bits per heavy atom. The first-order valence-electron chi connectivity index (χ1n) is 8.21. The summed E-state index contributed by atoms with van der Waals surface area (Å²) in [5.41, 5.74) is 1.47. The number of nitrogens with zero attached hydrogens (tertiary/aromatic N) is 1. The van der Waals surface area contributed by atoms with E-state index in [1.54, 1.807) is 6.07 Å². The maximum atomic E-state index is 12.7. The van der Waals surface area contributed by atoms with Gasteiger partial charge in [0.1, 0.15) is 0 Å². The summed E-state index contributed by atoms with van der Waals surface area (Å²) in [6.07, 6.45) is 1.24. The Kier molecular flexibility index (Phi) is 4.15. The molecule has 2 amide bonds. The number of likely N-dealkylation sites (tertiary alicyclic amines) is 1. The second-order valence-corrected chi connectivity index (χ2v) is 7.44. The van der Waals surface area contributed by atoms with Crippen LogP contribution in [0.5, 0.6) is 0 Å². The third-order valence-corrected chi connectivity index (χ3v) is 4.76. The zero-order valence-corrected chi connectivity index (χ0v) is 13.7. The minimum atomic E-state index is -0.352. The van der Waals surface area contributed by atoms with E-state index in [1.165, 1.54) is 0 Å². The van der Waals surface area contributed by atoms with Crippen molar-refractivity contribution in [2.45, 2.75) is 45.3 Å². The molecule has 0 aromatic heterocycles. The van der Waals surface area contributed by atoms with Crippen molar-refractivity contribution < 1.29 is 14.7 Å². The van der Waals surface area contributed by atoms with Crippen molar-refractivity contribution in [3.8, 4) is 0 Å². The van der Waals surface area contributed by atoms with Crippen molar-refractivity contribution in [1.29, 1.82) is 0 Å². The number of fused-ring (bicyclic) bond motifs is 1. The largest absolute Gasteiger partial charge is 0.393 e. The van der Waals surface area contributed by atoms with E-state index in [0.717, 1.165) is 5.56 Å². The van der Waals surface area contributed by atoms with Crippen molar-refractivity contribution >= 4 is 11.8 Å². The molecule has 3 rings (SSSR count). The highest BCUT2D eigenvalue weighted by molar-refractivity contribution is 5.99. The molecular formula is C18H24N2O3. The molecule has 2 atom stereocenters. The standard InChI is InChI=1S/C18H24N2O3/c1-18(2)10-12(21)7-8-20(11-18)16(22)9-15-13-5-3-4-6-14(13)17(23)19-15/h3-6,12,15,21H,7-11H2,1-2H3,(H,19,23). The highest BCUT2D eigenvalue weighted by Crippen LogP contribution is 2.31. The Balaban J connectivity index is 1.71. The Labute approximate surface area is 136 Å². The third-order valence-electron chi connectivity index (χ3n) is 4.76. The predicted octanol–water partition coefficient (Wildman–Crippen LogP) is 1.87. The molecule has 0 saturated carbocycles. The predicted molar refractivity (Wildman–Crippen MR) is 86.9 cm³/mol. The molecule has 2 aliphatic heterocycles. The first kappa shape index (κ1) is 16.0. The zero-order chi connectivity index (χ0) is 16.6. The van der Waals surface area contributed by atoms with Crippen LogP contribution in [0.1, 0.15) is 55.1 Å². The van der Waals surface area contributed by atoms with E-state index < -0.39 is 0 Å². The molecule has 2 unspecified atom stereocenters. The molecule has 2 aliphatic rings. The van der Waals surface area contributed by atoms with Crippen LogP contribution < -0.4 is 5.32 Å². The molecule has 0 radical (unpaired) electrons. The number of aliphatic hydroxyl groups excluding tert-OH is 1. The van der Waals surface area contributed by atoms with E-state index in [-0.39, 0.29) is 35.8 Å². The van der Waals surface area contributed by atoms with E-state index in [0.29, 0.717) is 31.5 Å². The van der Waals surface area contributed by atoms with Crippen LogP contribution in [0.3, 0.4) is 0 Å². The lowest BCUT2D eigenvalue weighted by molar-refractivity contribution is -0.132. The van der Waals surface area contributed by atoms with Gasteiger partial charge < -0.3 is 15.3 Å². The number of amides is 2. The van der Waals surface area contributed by atoms with Crippen molar-refractivity contribution in [3.63, 3.8) is 0 Å². The molecule has 1 fully saturated rings. The molecule has 1 aromatic rings. The first-order chi connectivity index (χ1) is 10.9. The van der Waals surface area contributed by atoms with Crippen molar-refractivity contribution in [2.75, 3.05) is 13.1 Å². The fourth-order valence-electron chi connectivity index (χ4n) is 3.70. The van der Waals surface area contributed by atoms with Gasteiger partial charge in [-0.2, -0.15) is 0 Å². The minimum absolute atomic E-state index is 0.0363. The van der Waals surface area contributed by atoms with Gasteiger partial charge >= 0.3 is 0 Å². The first-order valence-corrected chi connectivity index (χ1v) is 8.21. The topological polar surface area (TPSA) is 69.6 Å². The summed E-state index contributed by atoms with van der Waals surface area (Å²) in [5, 5.41) is 12.9. The molecule has 2 heterocycles. The van der Waals surface area contributed by atoms with E-state index in [1.807, 2.05) is 23.1 Å². The van der Waals surface area contributed by atoms with Crippen molar-refractivity contribution in [3.05, 3.63) is 35.4 Å².